The second-order valence-electron chi connectivity index (χ2n) is 7.16. The Morgan fingerprint density at radius 1 is 1.12 bits per heavy atom. The number of piperidine rings is 1. The zero-order chi connectivity index (χ0) is 16.9. The molecule has 0 spiro atoms. The number of oxazole rings is 1. The molecule has 2 aliphatic rings. The summed E-state index contributed by atoms with van der Waals surface area (Å²) in [5.41, 5.74) is 1.88. The van der Waals surface area contributed by atoms with Crippen molar-refractivity contribution in [1.29, 1.82) is 0 Å². The number of benzene rings is 1. The molecule has 0 aliphatic carbocycles. The molecule has 0 saturated carbocycles. The molecular weight excluding hydrogens is 316 g/mol. The summed E-state index contributed by atoms with van der Waals surface area (Å²) in [5.74, 6) is 1.37. The standard InChI is InChI=1S/C20H28N2O3/c1-2-7-18-17(6-1)21-20(25-18)16-9-12-22(13-10-16)11-5-15-24-19-8-3-4-14-23-19/h1-2,6-7,16,19H,3-5,8-15H2/t19-/m1/s1. The van der Waals surface area contributed by atoms with Crippen molar-refractivity contribution >= 4 is 11.1 Å². The predicted octanol–water partition coefficient (Wildman–Crippen LogP) is 3.94. The molecule has 5 nitrogen and oxygen atoms in total. The van der Waals surface area contributed by atoms with Crippen LogP contribution in [0.15, 0.2) is 28.7 Å². The maximum absolute atomic E-state index is 5.94. The van der Waals surface area contributed by atoms with E-state index in [4.69, 9.17) is 13.9 Å². The molecule has 136 valence electrons. The van der Waals surface area contributed by atoms with Gasteiger partial charge in [0.2, 0.25) is 0 Å². The molecule has 0 bridgehead atoms. The minimum absolute atomic E-state index is 0.0404. The summed E-state index contributed by atoms with van der Waals surface area (Å²) in [4.78, 5) is 7.20. The minimum atomic E-state index is 0.0404. The zero-order valence-corrected chi connectivity index (χ0v) is 14.9. The quantitative estimate of drug-likeness (QED) is 0.743. The minimum Gasteiger partial charge on any atom is -0.440 e. The highest BCUT2D eigenvalue weighted by Gasteiger charge is 2.24. The first-order valence-electron chi connectivity index (χ1n) is 9.69. The van der Waals surface area contributed by atoms with E-state index in [0.717, 1.165) is 75.5 Å². The first-order chi connectivity index (χ1) is 12.4. The van der Waals surface area contributed by atoms with Crippen LogP contribution < -0.4 is 0 Å². The Labute approximate surface area is 149 Å². The van der Waals surface area contributed by atoms with Crippen LogP contribution in [0.1, 0.15) is 50.3 Å². The number of rotatable bonds is 6. The van der Waals surface area contributed by atoms with Crippen molar-refractivity contribution in [3.05, 3.63) is 30.2 Å². The van der Waals surface area contributed by atoms with Crippen LogP contribution in [0.2, 0.25) is 0 Å². The molecule has 2 saturated heterocycles. The van der Waals surface area contributed by atoms with Gasteiger partial charge in [0, 0.05) is 19.1 Å². The van der Waals surface area contributed by atoms with Gasteiger partial charge in [-0.15, -0.1) is 0 Å². The number of hydrogen-bond acceptors (Lipinski definition) is 5. The van der Waals surface area contributed by atoms with Crippen molar-refractivity contribution in [3.63, 3.8) is 0 Å². The van der Waals surface area contributed by atoms with Crippen LogP contribution in [0.5, 0.6) is 0 Å². The maximum atomic E-state index is 5.94. The van der Waals surface area contributed by atoms with E-state index >= 15 is 0 Å². The summed E-state index contributed by atoms with van der Waals surface area (Å²) in [5, 5.41) is 0. The van der Waals surface area contributed by atoms with Crippen molar-refractivity contribution in [3.8, 4) is 0 Å². The first kappa shape index (κ1) is 17.0. The molecule has 0 radical (unpaired) electrons. The molecule has 2 aliphatic heterocycles. The second-order valence-corrected chi connectivity index (χ2v) is 7.16. The molecule has 0 amide bonds. The van der Waals surface area contributed by atoms with Crippen molar-refractivity contribution in [2.75, 3.05) is 32.8 Å². The van der Waals surface area contributed by atoms with Gasteiger partial charge < -0.3 is 18.8 Å². The van der Waals surface area contributed by atoms with Gasteiger partial charge in [-0.2, -0.15) is 0 Å². The molecule has 0 unspecified atom stereocenters. The van der Waals surface area contributed by atoms with Crippen LogP contribution in [0.4, 0.5) is 0 Å². The number of hydrogen-bond donors (Lipinski definition) is 0. The Morgan fingerprint density at radius 2 is 2.00 bits per heavy atom. The summed E-state index contributed by atoms with van der Waals surface area (Å²) in [7, 11) is 0. The normalized spacial score (nSPS) is 23.3. The van der Waals surface area contributed by atoms with Gasteiger partial charge >= 0.3 is 0 Å². The van der Waals surface area contributed by atoms with Crippen molar-refractivity contribution in [1.82, 2.24) is 9.88 Å². The number of ether oxygens (including phenoxy) is 2. The number of fused-ring (bicyclic) bond motifs is 1. The Bertz CT molecular complexity index is 625. The third-order valence-electron chi connectivity index (χ3n) is 5.31. The highest BCUT2D eigenvalue weighted by atomic mass is 16.7. The van der Waals surface area contributed by atoms with Crippen LogP contribution in [-0.4, -0.2) is 49.0 Å². The molecule has 3 heterocycles. The molecule has 5 heteroatoms. The fourth-order valence-electron chi connectivity index (χ4n) is 3.81. The van der Waals surface area contributed by atoms with Crippen LogP contribution in [-0.2, 0) is 9.47 Å². The van der Waals surface area contributed by atoms with Gasteiger partial charge in [-0.25, -0.2) is 4.98 Å². The molecule has 0 N–H and O–H groups in total. The molecule has 25 heavy (non-hydrogen) atoms. The Hall–Kier alpha value is -1.43. The molecule has 1 aromatic carbocycles. The van der Waals surface area contributed by atoms with Gasteiger partial charge in [0.15, 0.2) is 17.8 Å². The van der Waals surface area contributed by atoms with Crippen LogP contribution >= 0.6 is 0 Å². The highest BCUT2D eigenvalue weighted by Crippen LogP contribution is 2.29. The molecule has 4 rings (SSSR count). The van der Waals surface area contributed by atoms with E-state index in [0.29, 0.717) is 5.92 Å². The van der Waals surface area contributed by atoms with Crippen molar-refractivity contribution in [2.24, 2.45) is 0 Å². The fraction of sp³-hybridized carbons (Fsp3) is 0.650. The van der Waals surface area contributed by atoms with Gasteiger partial charge in [-0.3, -0.25) is 0 Å². The van der Waals surface area contributed by atoms with Crippen molar-refractivity contribution < 1.29 is 13.9 Å². The lowest BCUT2D eigenvalue weighted by molar-refractivity contribution is -0.163. The molecule has 2 fully saturated rings. The topological polar surface area (TPSA) is 47.7 Å². The third kappa shape index (κ3) is 4.40. The monoisotopic (exact) mass is 344 g/mol. The third-order valence-corrected chi connectivity index (χ3v) is 5.31. The summed E-state index contributed by atoms with van der Waals surface area (Å²) < 4.78 is 17.4. The van der Waals surface area contributed by atoms with E-state index in [1.807, 2.05) is 24.3 Å². The van der Waals surface area contributed by atoms with E-state index in [-0.39, 0.29) is 6.29 Å². The van der Waals surface area contributed by atoms with E-state index < -0.39 is 0 Å². The lowest BCUT2D eigenvalue weighted by Gasteiger charge is -2.30. The predicted molar refractivity (Wildman–Crippen MR) is 96.6 cm³/mol. The Morgan fingerprint density at radius 3 is 2.80 bits per heavy atom. The molecule has 1 atom stereocenters. The number of nitrogens with zero attached hydrogens (tertiary/aromatic N) is 2. The average molecular weight is 344 g/mol. The second kappa shape index (κ2) is 8.30. The van der Waals surface area contributed by atoms with E-state index in [9.17, 15) is 0 Å². The summed E-state index contributed by atoms with van der Waals surface area (Å²) in [6, 6.07) is 8.03. The Balaban J connectivity index is 1.18. The lowest BCUT2D eigenvalue weighted by Crippen LogP contribution is -2.34. The zero-order valence-electron chi connectivity index (χ0n) is 14.9. The summed E-state index contributed by atoms with van der Waals surface area (Å²) >= 11 is 0. The van der Waals surface area contributed by atoms with E-state index in [1.54, 1.807) is 0 Å². The summed E-state index contributed by atoms with van der Waals surface area (Å²) in [6.07, 6.45) is 6.82. The number of aromatic nitrogens is 1. The van der Waals surface area contributed by atoms with Gasteiger partial charge in [0.25, 0.3) is 0 Å². The molecule has 1 aromatic heterocycles. The van der Waals surface area contributed by atoms with Gasteiger partial charge in [-0.05, 0) is 63.7 Å². The number of para-hydroxylation sites is 2. The van der Waals surface area contributed by atoms with Crippen molar-refractivity contribution in [2.45, 2.75) is 50.7 Å². The van der Waals surface area contributed by atoms with Gasteiger partial charge in [0.1, 0.15) is 5.52 Å². The fourth-order valence-corrected chi connectivity index (χ4v) is 3.81. The highest BCUT2D eigenvalue weighted by molar-refractivity contribution is 5.72. The van der Waals surface area contributed by atoms with Gasteiger partial charge in [0.05, 0.1) is 6.61 Å². The van der Waals surface area contributed by atoms with E-state index in [1.165, 1.54) is 12.8 Å². The SMILES string of the molecule is c1ccc2oc(C3CCN(CCCO[C@@H]4CCCCO4)CC3)nc2c1. The Kier molecular flexibility index (Phi) is 5.65. The molecule has 2 aromatic rings. The van der Waals surface area contributed by atoms with E-state index in [2.05, 4.69) is 9.88 Å². The van der Waals surface area contributed by atoms with Crippen LogP contribution in [0.25, 0.3) is 11.1 Å². The molecular formula is C20H28N2O3. The van der Waals surface area contributed by atoms with Crippen LogP contribution in [0, 0.1) is 0 Å². The largest absolute Gasteiger partial charge is 0.440 e. The number of likely N-dealkylation sites (tertiary alicyclic amines) is 1. The lowest BCUT2D eigenvalue weighted by atomic mass is 9.97. The summed E-state index contributed by atoms with van der Waals surface area (Å²) in [6.45, 7) is 4.99. The smallest absolute Gasteiger partial charge is 0.198 e. The van der Waals surface area contributed by atoms with Crippen LogP contribution in [0.3, 0.4) is 0 Å². The van der Waals surface area contributed by atoms with Gasteiger partial charge in [-0.1, -0.05) is 12.1 Å². The average Bonchev–Trinajstić information content (AvgIpc) is 3.11. The maximum Gasteiger partial charge on any atom is 0.198 e. The first-order valence-corrected chi connectivity index (χ1v) is 9.69.